The van der Waals surface area contributed by atoms with Crippen molar-refractivity contribution < 1.29 is 27.8 Å². The first kappa shape index (κ1) is 19.0. The number of benzene rings is 2. The van der Waals surface area contributed by atoms with E-state index in [0.29, 0.717) is 22.8 Å². The Morgan fingerprint density at radius 2 is 1.68 bits per heavy atom. The smallest absolute Gasteiger partial charge is 0.175 e. The van der Waals surface area contributed by atoms with E-state index >= 15 is 0 Å². The van der Waals surface area contributed by atoms with E-state index in [-0.39, 0.29) is 17.3 Å². The Balaban J connectivity index is 2.30. The highest BCUT2D eigenvalue weighted by Crippen LogP contribution is 2.29. The molecule has 6 nitrogen and oxygen atoms in total. The normalized spacial score (nSPS) is 12.5. The summed E-state index contributed by atoms with van der Waals surface area (Å²) in [5.41, 5.74) is 0.408. The van der Waals surface area contributed by atoms with Gasteiger partial charge in [0.1, 0.15) is 23.4 Å². The Bertz CT molecular complexity index is 856. The van der Waals surface area contributed by atoms with Gasteiger partial charge in [-0.2, -0.15) is 0 Å². The lowest BCUT2D eigenvalue weighted by Crippen LogP contribution is -2.16. The lowest BCUT2D eigenvalue weighted by molar-refractivity contribution is 0.101. The van der Waals surface area contributed by atoms with Crippen LogP contribution in [0.15, 0.2) is 47.4 Å². The van der Waals surface area contributed by atoms with Gasteiger partial charge in [0.15, 0.2) is 15.6 Å². The molecule has 2 aromatic rings. The molecule has 0 aromatic heterocycles. The molecule has 0 aliphatic rings. The maximum atomic E-state index is 11.7. The van der Waals surface area contributed by atoms with Crippen LogP contribution < -0.4 is 9.47 Å². The molecule has 0 amide bonds. The van der Waals surface area contributed by atoms with E-state index in [4.69, 9.17) is 14.6 Å². The summed E-state index contributed by atoms with van der Waals surface area (Å²) in [4.78, 5) is 11.9. The number of hydrogen-bond acceptors (Lipinski definition) is 6. The number of hydrogen-bond donors (Lipinski definition) is 1. The second-order valence-electron chi connectivity index (χ2n) is 5.71. The first-order valence-corrected chi connectivity index (χ1v) is 9.49. The molecule has 0 fully saturated rings. The molecule has 1 atom stereocenters. The zero-order chi connectivity index (χ0) is 18.6. The van der Waals surface area contributed by atoms with E-state index in [9.17, 15) is 13.2 Å². The highest BCUT2D eigenvalue weighted by molar-refractivity contribution is 7.90. The van der Waals surface area contributed by atoms with Crippen molar-refractivity contribution in [2.45, 2.75) is 24.8 Å². The topological polar surface area (TPSA) is 89.9 Å². The van der Waals surface area contributed by atoms with Gasteiger partial charge < -0.3 is 14.6 Å². The van der Waals surface area contributed by atoms with Gasteiger partial charge in [-0.1, -0.05) is 0 Å². The van der Waals surface area contributed by atoms with Gasteiger partial charge in [-0.3, -0.25) is 4.79 Å². The molecular formula is C18H20O6S. The number of aliphatic hydroxyl groups excluding tert-OH is 1. The van der Waals surface area contributed by atoms with Crippen molar-refractivity contribution in [3.63, 3.8) is 0 Å². The van der Waals surface area contributed by atoms with Crippen LogP contribution in [0.1, 0.15) is 24.2 Å². The minimum atomic E-state index is -3.28. The number of ketones is 1. The van der Waals surface area contributed by atoms with Crippen LogP contribution in [-0.2, 0) is 9.84 Å². The molecule has 0 saturated carbocycles. The molecule has 25 heavy (non-hydrogen) atoms. The van der Waals surface area contributed by atoms with E-state index < -0.39 is 15.9 Å². The molecule has 0 radical (unpaired) electrons. The first-order valence-electron chi connectivity index (χ1n) is 7.60. The quantitative estimate of drug-likeness (QED) is 0.760. The summed E-state index contributed by atoms with van der Waals surface area (Å²) in [5, 5.41) is 9.10. The average molecular weight is 364 g/mol. The highest BCUT2D eigenvalue weighted by Gasteiger charge is 2.11. The van der Waals surface area contributed by atoms with Crippen LogP contribution in [0.4, 0.5) is 0 Å². The van der Waals surface area contributed by atoms with Crippen molar-refractivity contribution in [3.8, 4) is 17.2 Å². The average Bonchev–Trinajstić information content (AvgIpc) is 2.54. The molecule has 0 aliphatic heterocycles. The van der Waals surface area contributed by atoms with Gasteiger partial charge in [0.25, 0.3) is 0 Å². The molecular weight excluding hydrogens is 344 g/mol. The van der Waals surface area contributed by atoms with Crippen molar-refractivity contribution >= 4 is 15.6 Å². The van der Waals surface area contributed by atoms with E-state index in [1.165, 1.54) is 31.2 Å². The second-order valence-corrected chi connectivity index (χ2v) is 7.72. The molecule has 134 valence electrons. The Labute approximate surface area is 146 Å². The fourth-order valence-corrected chi connectivity index (χ4v) is 2.69. The van der Waals surface area contributed by atoms with Gasteiger partial charge in [-0.05, 0) is 50.2 Å². The van der Waals surface area contributed by atoms with Gasteiger partial charge >= 0.3 is 0 Å². The standard InChI is InChI=1S/C18H20O6S/c1-12(11-19)23-16-8-14(13(2)20)9-17(10-16)24-15-4-6-18(7-5-15)25(3,21)22/h4-10,12,19H,11H2,1-3H3/t12-/m0/s1. The molecule has 7 heteroatoms. The lowest BCUT2D eigenvalue weighted by Gasteiger charge is -2.14. The number of carbonyl (C=O) groups excluding carboxylic acids is 1. The molecule has 2 aromatic carbocycles. The molecule has 0 spiro atoms. The molecule has 0 unspecified atom stereocenters. The summed E-state index contributed by atoms with van der Waals surface area (Å²) in [7, 11) is -3.28. The number of aliphatic hydroxyl groups is 1. The largest absolute Gasteiger partial charge is 0.488 e. The van der Waals surface area contributed by atoms with Crippen LogP contribution in [0, 0.1) is 0 Å². The van der Waals surface area contributed by atoms with Crippen molar-refractivity contribution in [2.75, 3.05) is 12.9 Å². The van der Waals surface area contributed by atoms with Crippen LogP contribution in [0.2, 0.25) is 0 Å². The zero-order valence-corrected chi connectivity index (χ0v) is 15.0. The summed E-state index contributed by atoms with van der Waals surface area (Å²) < 4.78 is 34.2. The maximum absolute atomic E-state index is 11.7. The lowest BCUT2D eigenvalue weighted by atomic mass is 10.1. The van der Waals surface area contributed by atoms with Crippen LogP contribution in [0.3, 0.4) is 0 Å². The summed E-state index contributed by atoms with van der Waals surface area (Å²) in [6.45, 7) is 2.97. The molecule has 0 bridgehead atoms. The molecule has 0 heterocycles. The van der Waals surface area contributed by atoms with Gasteiger partial charge in [-0.15, -0.1) is 0 Å². The van der Waals surface area contributed by atoms with Gasteiger partial charge in [0.2, 0.25) is 0 Å². The van der Waals surface area contributed by atoms with Crippen LogP contribution in [0.5, 0.6) is 17.2 Å². The molecule has 1 N–H and O–H groups in total. The molecule has 0 saturated heterocycles. The fourth-order valence-electron chi connectivity index (χ4n) is 2.06. The highest BCUT2D eigenvalue weighted by atomic mass is 32.2. The predicted molar refractivity (Wildman–Crippen MR) is 93.2 cm³/mol. The Morgan fingerprint density at radius 1 is 1.08 bits per heavy atom. The summed E-state index contributed by atoms with van der Waals surface area (Å²) in [5.74, 6) is 1.05. The molecule has 2 rings (SSSR count). The third-order valence-electron chi connectivity index (χ3n) is 3.37. The Hall–Kier alpha value is -2.38. The summed E-state index contributed by atoms with van der Waals surface area (Å²) >= 11 is 0. The third kappa shape index (κ3) is 5.30. The minimum absolute atomic E-state index is 0.153. The Morgan fingerprint density at radius 3 is 2.20 bits per heavy atom. The number of sulfone groups is 1. The SMILES string of the molecule is CC(=O)c1cc(Oc2ccc(S(C)(=O)=O)cc2)cc(O[C@@H](C)CO)c1. The van der Waals surface area contributed by atoms with E-state index in [0.717, 1.165) is 6.26 Å². The van der Waals surface area contributed by atoms with Crippen LogP contribution in [-0.4, -0.2) is 38.3 Å². The number of ether oxygens (including phenoxy) is 2. The third-order valence-corrected chi connectivity index (χ3v) is 4.50. The van der Waals surface area contributed by atoms with Gasteiger partial charge in [0, 0.05) is 17.9 Å². The minimum Gasteiger partial charge on any atom is -0.488 e. The number of carbonyl (C=O) groups is 1. The van der Waals surface area contributed by atoms with Crippen molar-refractivity contribution in [1.82, 2.24) is 0 Å². The summed E-state index contributed by atoms with van der Waals surface area (Å²) in [6.07, 6.45) is 0.703. The Kier molecular flexibility index (Phi) is 5.81. The zero-order valence-electron chi connectivity index (χ0n) is 14.2. The number of Topliss-reactive ketones (excluding diaryl/α,β-unsaturated/α-hetero) is 1. The first-order chi connectivity index (χ1) is 11.7. The predicted octanol–water partition coefficient (Wildman–Crippen LogP) is 2.84. The fraction of sp³-hybridized carbons (Fsp3) is 0.278. The van der Waals surface area contributed by atoms with Crippen LogP contribution >= 0.6 is 0 Å². The van der Waals surface area contributed by atoms with Crippen LogP contribution in [0.25, 0.3) is 0 Å². The van der Waals surface area contributed by atoms with Gasteiger partial charge in [0.05, 0.1) is 11.5 Å². The molecule has 0 aliphatic carbocycles. The maximum Gasteiger partial charge on any atom is 0.175 e. The van der Waals surface area contributed by atoms with E-state index in [1.807, 2.05) is 0 Å². The van der Waals surface area contributed by atoms with Crippen molar-refractivity contribution in [2.24, 2.45) is 0 Å². The summed E-state index contributed by atoms with van der Waals surface area (Å²) in [6, 6.07) is 10.7. The van der Waals surface area contributed by atoms with Crippen molar-refractivity contribution in [3.05, 3.63) is 48.0 Å². The second kappa shape index (κ2) is 7.67. The van der Waals surface area contributed by atoms with E-state index in [1.54, 1.807) is 25.1 Å². The monoisotopic (exact) mass is 364 g/mol. The van der Waals surface area contributed by atoms with E-state index in [2.05, 4.69) is 0 Å². The van der Waals surface area contributed by atoms with Crippen molar-refractivity contribution in [1.29, 1.82) is 0 Å². The number of rotatable bonds is 7. The van der Waals surface area contributed by atoms with Gasteiger partial charge in [-0.25, -0.2) is 8.42 Å².